The van der Waals surface area contributed by atoms with Gasteiger partial charge >= 0.3 is 0 Å². The summed E-state index contributed by atoms with van der Waals surface area (Å²) in [5.74, 6) is 0. The molecule has 2 aromatic carbocycles. The number of methoxy groups -OCH3 is 1. The Morgan fingerprint density at radius 1 is 1.05 bits per heavy atom. The Balaban J connectivity index is 2.12. The quantitative estimate of drug-likeness (QED) is 0.787. The van der Waals surface area contributed by atoms with Gasteiger partial charge in [0.05, 0.1) is 18.8 Å². The molecular weight excluding hydrogens is 274 g/mol. The van der Waals surface area contributed by atoms with Crippen LogP contribution in [0, 0.1) is 6.92 Å². The Labute approximate surface area is 133 Å². The van der Waals surface area contributed by atoms with Gasteiger partial charge in [-0.2, -0.15) is 0 Å². The van der Waals surface area contributed by atoms with Crippen LogP contribution in [0.4, 0.5) is 0 Å². The second-order valence-electron chi connectivity index (χ2n) is 5.55. The van der Waals surface area contributed by atoms with Crippen molar-refractivity contribution in [1.29, 1.82) is 0 Å². The van der Waals surface area contributed by atoms with Crippen molar-refractivity contribution in [2.24, 2.45) is 0 Å². The molecule has 0 amide bonds. The number of aliphatic hydroxyl groups excluding tert-OH is 1. The van der Waals surface area contributed by atoms with E-state index in [2.05, 4.69) is 60.8 Å². The summed E-state index contributed by atoms with van der Waals surface area (Å²) in [6.07, 6.45) is 0.245. The fourth-order valence-corrected chi connectivity index (χ4v) is 2.63. The Kier molecular flexibility index (Phi) is 6.59. The zero-order valence-corrected chi connectivity index (χ0v) is 13.3. The van der Waals surface area contributed by atoms with Crippen molar-refractivity contribution < 1.29 is 9.84 Å². The van der Waals surface area contributed by atoms with Crippen LogP contribution >= 0.6 is 0 Å². The number of aryl methyl sites for hydroxylation is 1. The first-order valence-corrected chi connectivity index (χ1v) is 7.73. The molecule has 0 heterocycles. The minimum Gasteiger partial charge on any atom is -0.391 e. The molecule has 0 aliphatic heterocycles. The van der Waals surface area contributed by atoms with Gasteiger partial charge in [-0.15, -0.1) is 0 Å². The van der Waals surface area contributed by atoms with Crippen LogP contribution in [0.15, 0.2) is 54.6 Å². The lowest BCUT2D eigenvalue weighted by Gasteiger charge is -2.22. The fourth-order valence-electron chi connectivity index (χ4n) is 2.63. The van der Waals surface area contributed by atoms with Gasteiger partial charge in [0.1, 0.15) is 0 Å². The first kappa shape index (κ1) is 16.7. The van der Waals surface area contributed by atoms with Crippen molar-refractivity contribution in [2.45, 2.75) is 25.5 Å². The van der Waals surface area contributed by atoms with E-state index in [4.69, 9.17) is 4.74 Å². The van der Waals surface area contributed by atoms with E-state index in [0.29, 0.717) is 13.0 Å². The van der Waals surface area contributed by atoms with E-state index >= 15 is 0 Å². The highest BCUT2D eigenvalue weighted by atomic mass is 16.5. The van der Waals surface area contributed by atoms with Gasteiger partial charge in [-0.1, -0.05) is 54.6 Å². The largest absolute Gasteiger partial charge is 0.391 e. The summed E-state index contributed by atoms with van der Waals surface area (Å²) in [5, 5.41) is 13.4. The third kappa shape index (κ3) is 4.67. The average molecular weight is 299 g/mol. The SMILES string of the molecule is COCC(O)CCNC(c1ccccc1)c1ccccc1C. The molecule has 3 heteroatoms. The zero-order chi connectivity index (χ0) is 15.8. The van der Waals surface area contributed by atoms with E-state index in [-0.39, 0.29) is 6.04 Å². The van der Waals surface area contributed by atoms with E-state index < -0.39 is 6.10 Å². The molecule has 118 valence electrons. The predicted octanol–water partition coefficient (Wildman–Crippen LogP) is 3.07. The van der Waals surface area contributed by atoms with Crippen molar-refractivity contribution in [3.05, 3.63) is 71.3 Å². The number of hydrogen-bond acceptors (Lipinski definition) is 3. The van der Waals surface area contributed by atoms with E-state index in [1.165, 1.54) is 16.7 Å². The number of rotatable bonds is 8. The van der Waals surface area contributed by atoms with E-state index in [9.17, 15) is 5.11 Å². The Morgan fingerprint density at radius 2 is 1.73 bits per heavy atom. The van der Waals surface area contributed by atoms with Crippen LogP contribution in [-0.4, -0.2) is 31.5 Å². The maximum Gasteiger partial charge on any atom is 0.0785 e. The summed E-state index contributed by atoms with van der Waals surface area (Å²) in [6.45, 7) is 3.24. The maximum absolute atomic E-state index is 9.79. The molecule has 0 saturated heterocycles. The van der Waals surface area contributed by atoms with E-state index in [1.54, 1.807) is 7.11 Å². The summed E-state index contributed by atoms with van der Waals surface area (Å²) in [7, 11) is 1.61. The van der Waals surface area contributed by atoms with Gasteiger partial charge in [0, 0.05) is 7.11 Å². The molecular formula is C19H25NO2. The normalized spacial score (nSPS) is 13.8. The topological polar surface area (TPSA) is 41.5 Å². The molecule has 0 aromatic heterocycles. The molecule has 0 radical (unpaired) electrons. The summed E-state index contributed by atoms with van der Waals surface area (Å²) in [5.41, 5.74) is 3.77. The Morgan fingerprint density at radius 3 is 2.41 bits per heavy atom. The van der Waals surface area contributed by atoms with Crippen LogP contribution in [0.5, 0.6) is 0 Å². The number of hydrogen-bond donors (Lipinski definition) is 2. The molecule has 0 fully saturated rings. The van der Waals surface area contributed by atoms with Crippen molar-refractivity contribution in [3.63, 3.8) is 0 Å². The highest BCUT2D eigenvalue weighted by Gasteiger charge is 2.15. The summed E-state index contributed by atoms with van der Waals surface area (Å²) >= 11 is 0. The van der Waals surface area contributed by atoms with Crippen molar-refractivity contribution >= 4 is 0 Å². The number of aliphatic hydroxyl groups is 1. The summed E-state index contributed by atoms with van der Waals surface area (Å²) in [6, 6.07) is 19.0. The minimum atomic E-state index is -0.425. The van der Waals surface area contributed by atoms with Gasteiger partial charge < -0.3 is 15.2 Å². The molecule has 2 N–H and O–H groups in total. The van der Waals surface area contributed by atoms with Crippen LogP contribution in [0.1, 0.15) is 29.2 Å². The minimum absolute atomic E-state index is 0.136. The third-order valence-corrected chi connectivity index (χ3v) is 3.82. The monoisotopic (exact) mass is 299 g/mol. The van der Waals surface area contributed by atoms with Gasteiger partial charge in [-0.25, -0.2) is 0 Å². The van der Waals surface area contributed by atoms with Gasteiger partial charge in [-0.05, 0) is 36.6 Å². The first-order chi connectivity index (χ1) is 10.7. The van der Waals surface area contributed by atoms with Crippen molar-refractivity contribution in [2.75, 3.05) is 20.3 Å². The fraction of sp³-hybridized carbons (Fsp3) is 0.368. The van der Waals surface area contributed by atoms with Gasteiger partial charge in [0.15, 0.2) is 0 Å². The average Bonchev–Trinajstić information content (AvgIpc) is 2.54. The molecule has 2 aromatic rings. The van der Waals surface area contributed by atoms with Crippen LogP contribution in [-0.2, 0) is 4.74 Å². The second-order valence-corrected chi connectivity index (χ2v) is 5.55. The smallest absolute Gasteiger partial charge is 0.0785 e. The lowest BCUT2D eigenvalue weighted by molar-refractivity contribution is 0.0591. The van der Waals surface area contributed by atoms with Gasteiger partial charge in [-0.3, -0.25) is 0 Å². The summed E-state index contributed by atoms with van der Waals surface area (Å²) in [4.78, 5) is 0. The zero-order valence-electron chi connectivity index (χ0n) is 13.3. The predicted molar refractivity (Wildman–Crippen MR) is 90.0 cm³/mol. The highest BCUT2D eigenvalue weighted by molar-refractivity contribution is 5.36. The standard InChI is InChI=1S/C19H25NO2/c1-15-8-6-7-11-18(15)19(16-9-4-3-5-10-16)20-13-12-17(21)14-22-2/h3-11,17,19-21H,12-14H2,1-2H3. The molecule has 0 aliphatic carbocycles. The van der Waals surface area contributed by atoms with Crippen molar-refractivity contribution in [1.82, 2.24) is 5.32 Å². The molecule has 0 saturated carbocycles. The van der Waals surface area contributed by atoms with Crippen molar-refractivity contribution in [3.8, 4) is 0 Å². The number of benzene rings is 2. The van der Waals surface area contributed by atoms with Crippen LogP contribution < -0.4 is 5.32 Å². The van der Waals surface area contributed by atoms with Gasteiger partial charge in [0.25, 0.3) is 0 Å². The Hall–Kier alpha value is -1.68. The molecule has 0 spiro atoms. The lowest BCUT2D eigenvalue weighted by atomic mass is 9.95. The molecule has 3 nitrogen and oxygen atoms in total. The Bertz CT molecular complexity index is 556. The van der Waals surface area contributed by atoms with Crippen LogP contribution in [0.25, 0.3) is 0 Å². The molecule has 0 bridgehead atoms. The molecule has 2 atom stereocenters. The highest BCUT2D eigenvalue weighted by Crippen LogP contribution is 2.24. The third-order valence-electron chi connectivity index (χ3n) is 3.82. The van der Waals surface area contributed by atoms with Gasteiger partial charge in [0.2, 0.25) is 0 Å². The summed E-state index contributed by atoms with van der Waals surface area (Å²) < 4.78 is 4.97. The molecule has 0 aliphatic rings. The van der Waals surface area contributed by atoms with Crippen LogP contribution in [0.3, 0.4) is 0 Å². The first-order valence-electron chi connectivity index (χ1n) is 7.73. The second kappa shape index (κ2) is 8.69. The van der Waals surface area contributed by atoms with Crippen LogP contribution in [0.2, 0.25) is 0 Å². The molecule has 2 unspecified atom stereocenters. The van der Waals surface area contributed by atoms with E-state index in [1.807, 2.05) is 6.07 Å². The molecule has 22 heavy (non-hydrogen) atoms. The van der Waals surface area contributed by atoms with E-state index in [0.717, 1.165) is 6.54 Å². The number of nitrogens with one attached hydrogen (secondary N) is 1. The lowest BCUT2D eigenvalue weighted by Crippen LogP contribution is -2.28. The maximum atomic E-state index is 9.79. The molecule has 2 rings (SSSR count). The number of ether oxygens (including phenoxy) is 1.